The summed E-state index contributed by atoms with van der Waals surface area (Å²) in [4.78, 5) is 0. The highest BCUT2D eigenvalue weighted by Crippen LogP contribution is 2.44. The molecule has 3 heteroatoms. The van der Waals surface area contributed by atoms with Gasteiger partial charge in [0.25, 0.3) is 0 Å². The molecule has 0 atom stereocenters. The summed E-state index contributed by atoms with van der Waals surface area (Å²) in [5.41, 5.74) is 1.56. The number of hydrogen-bond acceptors (Lipinski definition) is 1. The first-order valence-corrected chi connectivity index (χ1v) is 9.70. The van der Waals surface area contributed by atoms with Crippen molar-refractivity contribution in [1.29, 1.82) is 0 Å². The molecule has 118 valence electrons. The van der Waals surface area contributed by atoms with E-state index >= 15 is 0 Å². The predicted octanol–water partition coefficient (Wildman–Crippen LogP) is 6.27. The summed E-state index contributed by atoms with van der Waals surface area (Å²) in [5.74, 6) is 0.817. The van der Waals surface area contributed by atoms with Crippen molar-refractivity contribution in [1.82, 2.24) is 0 Å². The van der Waals surface area contributed by atoms with E-state index in [2.05, 4.69) is 49.4 Å². The van der Waals surface area contributed by atoms with Gasteiger partial charge in [-0.3, -0.25) is 0 Å². The van der Waals surface area contributed by atoms with Gasteiger partial charge in [0, 0.05) is 9.45 Å². The van der Waals surface area contributed by atoms with Gasteiger partial charge in [-0.2, -0.15) is 0 Å². The Kier molecular flexibility index (Phi) is 6.00. The molecule has 21 heavy (non-hydrogen) atoms. The first-order valence-electron chi connectivity index (χ1n) is 7.80. The minimum atomic E-state index is 0.0431. The van der Waals surface area contributed by atoms with E-state index in [0.717, 1.165) is 20.9 Å². The monoisotopic (exact) mass is 420 g/mol. The molecule has 2 rings (SSSR count). The van der Waals surface area contributed by atoms with Crippen molar-refractivity contribution in [2.45, 2.75) is 58.7 Å². The lowest BCUT2D eigenvalue weighted by molar-refractivity contribution is -0.0771. The Morgan fingerprint density at radius 2 is 1.86 bits per heavy atom. The van der Waals surface area contributed by atoms with Crippen molar-refractivity contribution >= 4 is 34.2 Å². The van der Waals surface area contributed by atoms with Crippen LogP contribution in [0.25, 0.3) is 0 Å². The van der Waals surface area contributed by atoms with Crippen LogP contribution >= 0.6 is 34.2 Å². The van der Waals surface area contributed by atoms with Crippen LogP contribution in [-0.2, 0) is 11.3 Å². The highest BCUT2D eigenvalue weighted by molar-refractivity contribution is 14.1. The average Bonchev–Trinajstić information content (AvgIpc) is 2.46. The molecule has 0 saturated heterocycles. The summed E-state index contributed by atoms with van der Waals surface area (Å²) in [6.07, 6.45) is 4.88. The van der Waals surface area contributed by atoms with Gasteiger partial charge in [0.1, 0.15) is 0 Å². The lowest BCUT2D eigenvalue weighted by Crippen LogP contribution is -2.41. The Labute approximate surface area is 147 Å². The van der Waals surface area contributed by atoms with Gasteiger partial charge < -0.3 is 4.74 Å². The van der Waals surface area contributed by atoms with E-state index in [-0.39, 0.29) is 5.60 Å². The summed E-state index contributed by atoms with van der Waals surface area (Å²) < 4.78 is 7.42. The second kappa shape index (κ2) is 7.18. The molecule has 0 bridgehead atoms. The molecular formula is C18H26ClIO. The lowest BCUT2D eigenvalue weighted by atomic mass is 9.69. The highest BCUT2D eigenvalue weighted by Gasteiger charge is 2.38. The molecule has 1 aromatic rings. The van der Waals surface area contributed by atoms with E-state index in [1.807, 2.05) is 18.2 Å². The summed E-state index contributed by atoms with van der Waals surface area (Å²) >= 11 is 8.71. The van der Waals surface area contributed by atoms with Crippen LogP contribution in [0.1, 0.15) is 52.0 Å². The Bertz CT molecular complexity index is 459. The molecule has 0 radical (unpaired) electrons. The summed E-state index contributed by atoms with van der Waals surface area (Å²) in [6, 6.07) is 7.99. The summed E-state index contributed by atoms with van der Waals surface area (Å²) in [5, 5.41) is 0.810. The van der Waals surface area contributed by atoms with Crippen LogP contribution in [0.15, 0.2) is 24.3 Å². The van der Waals surface area contributed by atoms with E-state index in [1.54, 1.807) is 0 Å². The Hall–Kier alpha value is 0.200. The normalized spacial score (nSPS) is 26.8. The van der Waals surface area contributed by atoms with Crippen LogP contribution in [0.3, 0.4) is 0 Å². The molecule has 0 aromatic heterocycles. The third kappa shape index (κ3) is 4.59. The third-order valence-corrected chi connectivity index (χ3v) is 6.62. The maximum absolute atomic E-state index is 6.36. The van der Waals surface area contributed by atoms with Crippen molar-refractivity contribution in [3.63, 3.8) is 0 Å². The smallest absolute Gasteiger partial charge is 0.0776 e. The SMILES string of the molecule is CC(C)(C)C1CCC(CI)(OCc2ccccc2Cl)CC1. The molecule has 1 aliphatic rings. The van der Waals surface area contributed by atoms with Crippen LogP contribution in [0.2, 0.25) is 5.02 Å². The Morgan fingerprint density at radius 3 is 2.38 bits per heavy atom. The van der Waals surface area contributed by atoms with Gasteiger partial charge in [-0.15, -0.1) is 0 Å². The average molecular weight is 421 g/mol. The molecule has 0 N–H and O–H groups in total. The van der Waals surface area contributed by atoms with Gasteiger partial charge in [0.15, 0.2) is 0 Å². The molecule has 1 aliphatic carbocycles. The fourth-order valence-electron chi connectivity index (χ4n) is 3.17. The lowest BCUT2D eigenvalue weighted by Gasteiger charge is -2.43. The molecule has 1 fully saturated rings. The van der Waals surface area contributed by atoms with Crippen LogP contribution in [0.5, 0.6) is 0 Å². The van der Waals surface area contributed by atoms with Crippen molar-refractivity contribution in [3.05, 3.63) is 34.9 Å². The first kappa shape index (κ1) is 17.6. The van der Waals surface area contributed by atoms with Gasteiger partial charge in [0.05, 0.1) is 12.2 Å². The maximum Gasteiger partial charge on any atom is 0.0776 e. The molecule has 0 amide bonds. The van der Waals surface area contributed by atoms with E-state index in [4.69, 9.17) is 16.3 Å². The molecule has 0 spiro atoms. The third-order valence-electron chi connectivity index (χ3n) is 4.86. The van der Waals surface area contributed by atoms with Gasteiger partial charge in [-0.25, -0.2) is 0 Å². The van der Waals surface area contributed by atoms with E-state index < -0.39 is 0 Å². The standard InChI is InChI=1S/C18H26ClIO/c1-17(2,3)15-8-10-18(13-20,11-9-15)21-12-14-6-4-5-7-16(14)19/h4-7,15H,8-13H2,1-3H3. The van der Waals surface area contributed by atoms with E-state index in [9.17, 15) is 0 Å². The molecule has 0 aliphatic heterocycles. The van der Waals surface area contributed by atoms with Gasteiger partial charge in [-0.1, -0.05) is 73.2 Å². The Morgan fingerprint density at radius 1 is 1.24 bits per heavy atom. The van der Waals surface area contributed by atoms with Crippen molar-refractivity contribution < 1.29 is 4.74 Å². The fourth-order valence-corrected chi connectivity index (χ4v) is 4.35. The van der Waals surface area contributed by atoms with Crippen LogP contribution < -0.4 is 0 Å². The topological polar surface area (TPSA) is 9.23 Å². The second-order valence-electron chi connectivity index (χ2n) is 7.34. The number of alkyl halides is 1. The number of rotatable bonds is 4. The quantitative estimate of drug-likeness (QED) is 0.412. The molecular weight excluding hydrogens is 395 g/mol. The van der Waals surface area contributed by atoms with Gasteiger partial charge >= 0.3 is 0 Å². The zero-order valence-electron chi connectivity index (χ0n) is 13.3. The second-order valence-corrected chi connectivity index (χ2v) is 8.51. The molecule has 0 heterocycles. The molecule has 1 nitrogen and oxygen atoms in total. The minimum absolute atomic E-state index is 0.0431. The van der Waals surface area contributed by atoms with Gasteiger partial charge in [0.2, 0.25) is 0 Å². The van der Waals surface area contributed by atoms with Crippen LogP contribution in [-0.4, -0.2) is 10.0 Å². The number of benzene rings is 1. The van der Waals surface area contributed by atoms with E-state index in [0.29, 0.717) is 12.0 Å². The van der Waals surface area contributed by atoms with Crippen molar-refractivity contribution in [2.24, 2.45) is 11.3 Å². The first-order chi connectivity index (χ1) is 9.86. The zero-order valence-corrected chi connectivity index (χ0v) is 16.2. The largest absolute Gasteiger partial charge is 0.369 e. The molecule has 0 unspecified atom stereocenters. The van der Waals surface area contributed by atoms with Gasteiger partial charge in [-0.05, 0) is 48.6 Å². The fraction of sp³-hybridized carbons (Fsp3) is 0.667. The molecule has 1 saturated carbocycles. The van der Waals surface area contributed by atoms with E-state index in [1.165, 1.54) is 25.7 Å². The summed E-state index contributed by atoms with van der Waals surface area (Å²) in [6.45, 7) is 7.71. The highest BCUT2D eigenvalue weighted by atomic mass is 127. The minimum Gasteiger partial charge on any atom is -0.369 e. The Balaban J connectivity index is 1.96. The van der Waals surface area contributed by atoms with Crippen molar-refractivity contribution in [3.8, 4) is 0 Å². The van der Waals surface area contributed by atoms with Crippen LogP contribution in [0, 0.1) is 11.3 Å². The zero-order chi connectivity index (χ0) is 15.5. The number of ether oxygens (including phenoxy) is 1. The van der Waals surface area contributed by atoms with Crippen LogP contribution in [0.4, 0.5) is 0 Å². The maximum atomic E-state index is 6.36. The molecule has 1 aromatic carbocycles. The number of halogens is 2. The predicted molar refractivity (Wildman–Crippen MR) is 99.3 cm³/mol. The number of hydrogen-bond donors (Lipinski definition) is 0. The van der Waals surface area contributed by atoms with Crippen molar-refractivity contribution in [2.75, 3.05) is 4.43 Å². The summed E-state index contributed by atoms with van der Waals surface area (Å²) in [7, 11) is 0.